The Morgan fingerprint density at radius 2 is 2.20 bits per heavy atom. The van der Waals surface area contributed by atoms with Gasteiger partial charge in [-0.1, -0.05) is 0 Å². The van der Waals surface area contributed by atoms with E-state index in [4.69, 9.17) is 9.52 Å². The zero-order valence-electron chi connectivity index (χ0n) is 11.1. The number of carboxylic acid groups (broad SMARTS) is 1. The van der Waals surface area contributed by atoms with Crippen LogP contribution in [0.3, 0.4) is 0 Å². The second kappa shape index (κ2) is 5.60. The third-order valence-corrected chi connectivity index (χ3v) is 2.72. The molecule has 1 amide bonds. The van der Waals surface area contributed by atoms with Crippen molar-refractivity contribution in [2.45, 2.75) is 19.9 Å². The molecule has 1 heterocycles. The predicted molar refractivity (Wildman–Crippen MR) is 72.7 cm³/mol. The number of nitrogens with zero attached hydrogens (tertiary/aromatic N) is 1. The monoisotopic (exact) mass is 277 g/mol. The first kappa shape index (κ1) is 13.9. The lowest BCUT2D eigenvalue weighted by atomic mass is 10.2. The number of fused-ring (bicyclic) bond motifs is 1. The molecule has 0 bridgehead atoms. The summed E-state index contributed by atoms with van der Waals surface area (Å²) in [5.41, 5.74) is 1.01. The van der Waals surface area contributed by atoms with Gasteiger partial charge in [0.2, 0.25) is 5.91 Å². The van der Waals surface area contributed by atoms with Crippen LogP contribution in [0.2, 0.25) is 0 Å². The molecule has 1 aromatic heterocycles. The van der Waals surface area contributed by atoms with Gasteiger partial charge in [0.25, 0.3) is 6.01 Å². The highest BCUT2D eigenvalue weighted by molar-refractivity contribution is 5.92. The summed E-state index contributed by atoms with van der Waals surface area (Å²) in [4.78, 5) is 26.6. The maximum atomic E-state index is 11.6. The third kappa shape index (κ3) is 2.87. The summed E-state index contributed by atoms with van der Waals surface area (Å²) in [5.74, 6) is -1.20. The van der Waals surface area contributed by atoms with Crippen LogP contribution in [0.4, 0.5) is 6.01 Å². The van der Waals surface area contributed by atoms with Crippen LogP contribution in [0.15, 0.2) is 22.6 Å². The first-order valence-corrected chi connectivity index (χ1v) is 6.19. The van der Waals surface area contributed by atoms with Gasteiger partial charge in [-0.15, -0.1) is 0 Å². The van der Waals surface area contributed by atoms with E-state index in [1.54, 1.807) is 13.0 Å². The van der Waals surface area contributed by atoms with Crippen LogP contribution < -0.4 is 10.6 Å². The highest BCUT2D eigenvalue weighted by Crippen LogP contribution is 2.20. The van der Waals surface area contributed by atoms with Crippen LogP contribution in [0, 0.1) is 0 Å². The predicted octanol–water partition coefficient (Wildman–Crippen LogP) is 1.46. The number of carbonyl (C=O) groups is 2. The van der Waals surface area contributed by atoms with Gasteiger partial charge in [0.15, 0.2) is 5.58 Å². The quantitative estimate of drug-likeness (QED) is 0.764. The molecule has 2 rings (SSSR count). The number of anilines is 1. The number of hydrogen-bond acceptors (Lipinski definition) is 5. The Bertz CT molecular complexity index is 650. The number of oxazole rings is 1. The van der Waals surface area contributed by atoms with Gasteiger partial charge in [0, 0.05) is 6.54 Å². The maximum absolute atomic E-state index is 11.6. The largest absolute Gasteiger partial charge is 0.478 e. The molecule has 20 heavy (non-hydrogen) atoms. The summed E-state index contributed by atoms with van der Waals surface area (Å²) in [6.07, 6.45) is 0. The summed E-state index contributed by atoms with van der Waals surface area (Å²) >= 11 is 0. The fourth-order valence-corrected chi connectivity index (χ4v) is 1.70. The van der Waals surface area contributed by atoms with Crippen LogP contribution in [0.25, 0.3) is 11.1 Å². The van der Waals surface area contributed by atoms with Gasteiger partial charge >= 0.3 is 5.97 Å². The Morgan fingerprint density at radius 3 is 2.85 bits per heavy atom. The second-order valence-corrected chi connectivity index (χ2v) is 4.27. The number of hydrogen-bond donors (Lipinski definition) is 3. The van der Waals surface area contributed by atoms with E-state index >= 15 is 0 Å². The van der Waals surface area contributed by atoms with Crippen LogP contribution in [0.1, 0.15) is 24.2 Å². The minimum atomic E-state index is -1.03. The lowest BCUT2D eigenvalue weighted by Gasteiger charge is -2.10. The molecule has 1 unspecified atom stereocenters. The summed E-state index contributed by atoms with van der Waals surface area (Å²) in [7, 11) is 0. The minimum absolute atomic E-state index is 0.122. The number of amides is 1. The van der Waals surface area contributed by atoms with E-state index in [2.05, 4.69) is 15.6 Å². The van der Waals surface area contributed by atoms with Gasteiger partial charge in [-0.25, -0.2) is 4.79 Å². The van der Waals surface area contributed by atoms with Gasteiger partial charge in [-0.3, -0.25) is 4.79 Å². The van der Waals surface area contributed by atoms with E-state index in [0.29, 0.717) is 17.6 Å². The number of benzene rings is 1. The van der Waals surface area contributed by atoms with Gasteiger partial charge in [0.1, 0.15) is 11.6 Å². The number of rotatable bonds is 5. The summed E-state index contributed by atoms with van der Waals surface area (Å²) in [6.45, 7) is 4.06. The Kier molecular flexibility index (Phi) is 3.88. The van der Waals surface area contributed by atoms with E-state index in [1.165, 1.54) is 12.1 Å². The summed E-state index contributed by atoms with van der Waals surface area (Å²) < 4.78 is 5.39. The molecule has 106 valence electrons. The normalized spacial score (nSPS) is 12.1. The Hall–Kier alpha value is -2.57. The fraction of sp³-hybridized carbons (Fsp3) is 0.308. The van der Waals surface area contributed by atoms with Crippen molar-refractivity contribution >= 4 is 29.0 Å². The van der Waals surface area contributed by atoms with E-state index in [9.17, 15) is 9.59 Å². The molecule has 0 spiro atoms. The lowest BCUT2D eigenvalue weighted by Crippen LogP contribution is -2.37. The van der Waals surface area contributed by atoms with Crippen molar-refractivity contribution in [2.75, 3.05) is 11.9 Å². The molecular weight excluding hydrogens is 262 g/mol. The first-order chi connectivity index (χ1) is 9.51. The number of aromatic nitrogens is 1. The molecular formula is C13H15N3O4. The Labute approximate surface area is 115 Å². The first-order valence-electron chi connectivity index (χ1n) is 6.19. The molecule has 0 radical (unpaired) electrons. The topological polar surface area (TPSA) is 104 Å². The maximum Gasteiger partial charge on any atom is 0.335 e. The van der Waals surface area contributed by atoms with Crippen molar-refractivity contribution < 1.29 is 19.1 Å². The Morgan fingerprint density at radius 1 is 1.45 bits per heavy atom. The standard InChI is InChI=1S/C13H15N3O4/c1-3-14-11(17)7(2)15-13-16-9-5-4-8(12(18)19)6-10(9)20-13/h4-7H,3H2,1-2H3,(H,14,17)(H,15,16)(H,18,19). The average Bonchev–Trinajstić information content (AvgIpc) is 2.79. The Balaban J connectivity index is 2.19. The highest BCUT2D eigenvalue weighted by atomic mass is 16.4. The fourth-order valence-electron chi connectivity index (χ4n) is 1.70. The van der Waals surface area contributed by atoms with Crippen molar-refractivity contribution in [1.29, 1.82) is 0 Å². The van der Waals surface area contributed by atoms with Crippen molar-refractivity contribution in [3.63, 3.8) is 0 Å². The van der Waals surface area contributed by atoms with Crippen LogP contribution >= 0.6 is 0 Å². The molecule has 0 aliphatic carbocycles. The third-order valence-electron chi connectivity index (χ3n) is 2.72. The van der Waals surface area contributed by atoms with Crippen LogP contribution in [0.5, 0.6) is 0 Å². The number of carboxylic acids is 1. The molecule has 1 aromatic carbocycles. The molecule has 7 heteroatoms. The SMILES string of the molecule is CCNC(=O)C(C)Nc1nc2ccc(C(=O)O)cc2o1. The number of nitrogens with one attached hydrogen (secondary N) is 2. The molecule has 1 atom stereocenters. The molecule has 2 aromatic rings. The van der Waals surface area contributed by atoms with Crippen LogP contribution in [-0.2, 0) is 4.79 Å². The van der Waals surface area contributed by atoms with E-state index < -0.39 is 12.0 Å². The molecule has 0 fully saturated rings. The van der Waals surface area contributed by atoms with E-state index in [1.807, 2.05) is 6.92 Å². The number of likely N-dealkylation sites (N-methyl/N-ethyl adjacent to an activating group) is 1. The highest BCUT2D eigenvalue weighted by Gasteiger charge is 2.15. The molecule has 0 saturated heterocycles. The van der Waals surface area contributed by atoms with Crippen molar-refractivity contribution in [1.82, 2.24) is 10.3 Å². The van der Waals surface area contributed by atoms with E-state index in [0.717, 1.165) is 0 Å². The zero-order valence-corrected chi connectivity index (χ0v) is 11.1. The second-order valence-electron chi connectivity index (χ2n) is 4.27. The lowest BCUT2D eigenvalue weighted by molar-refractivity contribution is -0.121. The summed E-state index contributed by atoms with van der Waals surface area (Å²) in [6, 6.07) is 4.09. The molecule has 7 nitrogen and oxygen atoms in total. The van der Waals surface area contributed by atoms with Gasteiger partial charge in [-0.05, 0) is 32.0 Å². The van der Waals surface area contributed by atoms with Crippen molar-refractivity contribution in [3.8, 4) is 0 Å². The molecule has 3 N–H and O–H groups in total. The molecule has 0 saturated carbocycles. The average molecular weight is 277 g/mol. The minimum Gasteiger partial charge on any atom is -0.478 e. The van der Waals surface area contributed by atoms with E-state index in [-0.39, 0.29) is 17.5 Å². The summed E-state index contributed by atoms with van der Waals surface area (Å²) in [5, 5.41) is 14.4. The number of carbonyl (C=O) groups excluding carboxylic acids is 1. The van der Waals surface area contributed by atoms with Gasteiger partial charge < -0.3 is 20.2 Å². The van der Waals surface area contributed by atoms with Gasteiger partial charge in [-0.2, -0.15) is 4.98 Å². The van der Waals surface area contributed by atoms with Gasteiger partial charge in [0.05, 0.1) is 5.56 Å². The van der Waals surface area contributed by atoms with Crippen LogP contribution in [-0.4, -0.2) is 34.6 Å². The zero-order chi connectivity index (χ0) is 14.7. The molecule has 0 aliphatic heterocycles. The smallest absolute Gasteiger partial charge is 0.335 e. The van der Waals surface area contributed by atoms with Crippen molar-refractivity contribution in [3.05, 3.63) is 23.8 Å². The van der Waals surface area contributed by atoms with Crippen molar-refractivity contribution in [2.24, 2.45) is 0 Å². The molecule has 0 aliphatic rings. The number of aromatic carboxylic acids is 1.